The summed E-state index contributed by atoms with van der Waals surface area (Å²) in [6.07, 6.45) is 4.06. The first-order chi connectivity index (χ1) is 13.8. The molecule has 1 aromatic carbocycles. The van der Waals surface area contributed by atoms with Crippen LogP contribution < -0.4 is 5.32 Å². The van der Waals surface area contributed by atoms with Crippen LogP contribution in [0.5, 0.6) is 0 Å². The molecule has 8 heteroatoms. The number of nitrogens with one attached hydrogen (secondary N) is 2. The van der Waals surface area contributed by atoms with E-state index < -0.39 is 17.1 Å². The molecule has 3 N–H and O–H groups in total. The minimum absolute atomic E-state index is 0.157. The molecule has 2 heterocycles. The molecule has 1 saturated carbocycles. The average Bonchev–Trinajstić information content (AvgIpc) is 3.32. The molecule has 0 radical (unpaired) electrons. The van der Waals surface area contributed by atoms with E-state index in [0.717, 1.165) is 42.1 Å². The second-order valence-electron chi connectivity index (χ2n) is 8.94. The molecule has 29 heavy (non-hydrogen) atoms. The number of fused-ring (bicyclic) bond motifs is 1. The van der Waals surface area contributed by atoms with Gasteiger partial charge in [0, 0.05) is 23.5 Å². The Labute approximate surface area is 175 Å². The molecule has 7 nitrogen and oxygen atoms in total. The maximum absolute atomic E-state index is 12.5. The Morgan fingerprint density at radius 3 is 2.76 bits per heavy atom. The molecule has 2 fully saturated rings. The number of urea groups is 1. The van der Waals surface area contributed by atoms with E-state index in [-0.39, 0.29) is 11.9 Å². The van der Waals surface area contributed by atoms with Crippen LogP contribution in [0.2, 0.25) is 5.02 Å². The highest BCUT2D eigenvalue weighted by molar-refractivity contribution is 6.31. The van der Waals surface area contributed by atoms with Crippen molar-refractivity contribution >= 4 is 28.5 Å². The van der Waals surface area contributed by atoms with Gasteiger partial charge < -0.3 is 15.3 Å². The summed E-state index contributed by atoms with van der Waals surface area (Å²) in [4.78, 5) is 14.2. The molecule has 2 aliphatic rings. The minimum Gasteiger partial charge on any atom is -0.388 e. The number of hydrogen-bond acceptors (Lipinski definition) is 4. The van der Waals surface area contributed by atoms with Gasteiger partial charge in [0.25, 0.3) is 0 Å². The summed E-state index contributed by atoms with van der Waals surface area (Å²) >= 11 is 6.25. The Kier molecular flexibility index (Phi) is 4.96. The van der Waals surface area contributed by atoms with Gasteiger partial charge in [-0.15, -0.1) is 0 Å². The third-order valence-electron chi connectivity index (χ3n) is 6.70. The van der Waals surface area contributed by atoms with Crippen molar-refractivity contribution in [1.29, 1.82) is 5.26 Å². The lowest BCUT2D eigenvalue weighted by atomic mass is 9.68. The van der Waals surface area contributed by atoms with Gasteiger partial charge in [0.2, 0.25) is 0 Å². The van der Waals surface area contributed by atoms with Gasteiger partial charge in [-0.05, 0) is 54.7 Å². The van der Waals surface area contributed by atoms with Crippen LogP contribution in [0.1, 0.15) is 51.2 Å². The van der Waals surface area contributed by atoms with Gasteiger partial charge in [0.15, 0.2) is 0 Å². The number of piperidine rings is 1. The number of aliphatic hydroxyl groups is 1. The number of nitriles is 1. The zero-order chi connectivity index (χ0) is 20.8. The first-order valence-corrected chi connectivity index (χ1v) is 10.4. The molecule has 0 bridgehead atoms. The smallest absolute Gasteiger partial charge is 0.318 e. The average molecular weight is 416 g/mol. The topological polar surface area (TPSA) is 105 Å². The number of carbonyl (C=O) groups excluding carboxylic acids is 1. The number of aromatic nitrogens is 2. The van der Waals surface area contributed by atoms with E-state index in [1.807, 2.05) is 6.07 Å². The van der Waals surface area contributed by atoms with Gasteiger partial charge in [0.05, 0.1) is 23.9 Å². The lowest BCUT2D eigenvalue weighted by molar-refractivity contribution is -0.0143. The van der Waals surface area contributed by atoms with Gasteiger partial charge in [0.1, 0.15) is 5.54 Å². The first-order valence-electron chi connectivity index (χ1n) is 10.0. The van der Waals surface area contributed by atoms with Crippen molar-refractivity contribution < 1.29 is 9.90 Å². The number of benzene rings is 1. The molecule has 1 saturated heterocycles. The van der Waals surface area contributed by atoms with Gasteiger partial charge in [-0.1, -0.05) is 25.4 Å². The lowest BCUT2D eigenvalue weighted by Crippen LogP contribution is -2.50. The van der Waals surface area contributed by atoms with Crippen molar-refractivity contribution in [2.75, 3.05) is 13.1 Å². The van der Waals surface area contributed by atoms with Crippen LogP contribution in [0, 0.1) is 22.7 Å². The number of carbonyl (C=O) groups is 1. The van der Waals surface area contributed by atoms with E-state index in [9.17, 15) is 15.2 Å². The fraction of sp³-hybridized carbons (Fsp3) is 0.571. The fourth-order valence-electron chi connectivity index (χ4n) is 4.39. The number of aliphatic hydroxyl groups excluding tert-OH is 1. The Balaban J connectivity index is 1.45. The summed E-state index contributed by atoms with van der Waals surface area (Å²) in [5, 5.41) is 31.7. The molecule has 1 unspecified atom stereocenters. The standard InChI is InChI=1S/C21H26ClN5O2/c1-20(2,18(28)15-9-14(22)10-17-16(15)11-24-26-17)13-3-7-27(8-4-13)19(29)25-21(12-23)5-6-21/h9-11,13,18,28H,3-8H2,1-2H3,(H,24,26)(H,25,29). The van der Waals surface area contributed by atoms with Crippen molar-refractivity contribution in [3.05, 3.63) is 28.9 Å². The van der Waals surface area contributed by atoms with E-state index in [0.29, 0.717) is 18.1 Å². The Bertz CT molecular complexity index is 967. The highest BCUT2D eigenvalue weighted by Gasteiger charge is 2.46. The molecule has 4 rings (SSSR count). The number of rotatable bonds is 4. The van der Waals surface area contributed by atoms with Gasteiger partial charge in [-0.2, -0.15) is 10.4 Å². The van der Waals surface area contributed by atoms with Crippen LogP contribution in [0.4, 0.5) is 4.79 Å². The molecule has 1 aromatic heterocycles. The lowest BCUT2D eigenvalue weighted by Gasteiger charge is -2.43. The van der Waals surface area contributed by atoms with E-state index in [1.165, 1.54) is 0 Å². The molecule has 0 spiro atoms. The number of hydrogen-bond donors (Lipinski definition) is 3. The van der Waals surface area contributed by atoms with E-state index in [2.05, 4.69) is 35.4 Å². The highest BCUT2D eigenvalue weighted by atomic mass is 35.5. The van der Waals surface area contributed by atoms with E-state index >= 15 is 0 Å². The third kappa shape index (κ3) is 3.67. The molecule has 1 aliphatic carbocycles. The number of nitrogens with zero attached hydrogens (tertiary/aromatic N) is 3. The molecule has 1 atom stereocenters. The third-order valence-corrected chi connectivity index (χ3v) is 6.92. The quantitative estimate of drug-likeness (QED) is 0.707. The maximum Gasteiger partial charge on any atom is 0.318 e. The normalized spacial score (nSPS) is 20.3. The monoisotopic (exact) mass is 415 g/mol. The first kappa shape index (κ1) is 20.0. The van der Waals surface area contributed by atoms with Crippen LogP contribution in [0.25, 0.3) is 10.9 Å². The fourth-order valence-corrected chi connectivity index (χ4v) is 4.62. The summed E-state index contributed by atoms with van der Waals surface area (Å²) in [7, 11) is 0. The van der Waals surface area contributed by atoms with Crippen molar-refractivity contribution in [3.8, 4) is 6.07 Å². The zero-order valence-electron chi connectivity index (χ0n) is 16.7. The summed E-state index contributed by atoms with van der Waals surface area (Å²) in [6, 6.07) is 5.65. The Morgan fingerprint density at radius 2 is 2.14 bits per heavy atom. The number of H-pyrrole nitrogens is 1. The number of amides is 2. The van der Waals surface area contributed by atoms with Crippen LogP contribution in [0.15, 0.2) is 18.3 Å². The van der Waals surface area contributed by atoms with Gasteiger partial charge in [-0.25, -0.2) is 4.79 Å². The van der Waals surface area contributed by atoms with E-state index in [1.54, 1.807) is 17.2 Å². The molecule has 1 aliphatic heterocycles. The van der Waals surface area contributed by atoms with Gasteiger partial charge in [-0.3, -0.25) is 5.10 Å². The molecule has 2 amide bonds. The summed E-state index contributed by atoms with van der Waals surface area (Å²) in [5.41, 5.74) is 0.532. The predicted molar refractivity (Wildman–Crippen MR) is 110 cm³/mol. The molecule has 2 aromatic rings. The second-order valence-corrected chi connectivity index (χ2v) is 9.37. The largest absolute Gasteiger partial charge is 0.388 e. The maximum atomic E-state index is 12.5. The molecular weight excluding hydrogens is 390 g/mol. The van der Waals surface area contributed by atoms with Gasteiger partial charge >= 0.3 is 6.03 Å². The minimum atomic E-state index is -0.708. The van der Waals surface area contributed by atoms with Crippen LogP contribution >= 0.6 is 11.6 Å². The Hall–Kier alpha value is -2.30. The van der Waals surface area contributed by atoms with Crippen molar-refractivity contribution in [2.24, 2.45) is 11.3 Å². The Morgan fingerprint density at radius 1 is 1.45 bits per heavy atom. The van der Waals surface area contributed by atoms with Crippen molar-refractivity contribution in [2.45, 2.75) is 51.2 Å². The van der Waals surface area contributed by atoms with Crippen LogP contribution in [0.3, 0.4) is 0 Å². The number of likely N-dealkylation sites (tertiary alicyclic amines) is 1. The van der Waals surface area contributed by atoms with Crippen LogP contribution in [-0.2, 0) is 0 Å². The number of halogens is 1. The summed E-state index contributed by atoms with van der Waals surface area (Å²) in [5.74, 6) is 0.244. The predicted octanol–water partition coefficient (Wildman–Crippen LogP) is 3.75. The van der Waals surface area contributed by atoms with E-state index in [4.69, 9.17) is 11.6 Å². The zero-order valence-corrected chi connectivity index (χ0v) is 17.5. The second kappa shape index (κ2) is 7.19. The number of aromatic amines is 1. The van der Waals surface area contributed by atoms with Crippen molar-refractivity contribution in [3.63, 3.8) is 0 Å². The summed E-state index contributed by atoms with van der Waals surface area (Å²) < 4.78 is 0. The molecule has 154 valence electrons. The SMILES string of the molecule is CC(C)(C1CCN(C(=O)NC2(C#N)CC2)CC1)C(O)c1cc(Cl)cc2[nH]ncc12. The highest BCUT2D eigenvalue weighted by Crippen LogP contribution is 2.46. The van der Waals surface area contributed by atoms with Crippen molar-refractivity contribution in [1.82, 2.24) is 20.4 Å². The molecular formula is C21H26ClN5O2. The summed E-state index contributed by atoms with van der Waals surface area (Å²) in [6.45, 7) is 5.37. The van der Waals surface area contributed by atoms with Crippen LogP contribution in [-0.4, -0.2) is 44.9 Å².